The van der Waals surface area contributed by atoms with Crippen LogP contribution in [-0.4, -0.2) is 57.3 Å². The van der Waals surface area contributed by atoms with E-state index in [1.807, 2.05) is 7.05 Å². The molecular formula is C19H31BrN4O. The van der Waals surface area contributed by atoms with E-state index in [4.69, 9.17) is 4.74 Å². The topological polar surface area (TPSA) is 48.9 Å². The molecule has 0 saturated carbocycles. The molecule has 1 aliphatic heterocycles. The Hall–Kier alpha value is -1.11. The standard InChI is InChI=1S/C19H31BrN4O/c1-15-13-17(20)6-5-16(15)14-22-19(21-2)23-18-7-10-24(11-8-18)9-4-12-25-3/h5-6,13,18H,4,7-12,14H2,1-3H3,(H2,21,22,23). The maximum Gasteiger partial charge on any atom is 0.191 e. The van der Waals surface area contributed by atoms with Crippen LogP contribution in [0.2, 0.25) is 0 Å². The molecule has 1 aliphatic rings. The van der Waals surface area contributed by atoms with Gasteiger partial charge in [0.1, 0.15) is 0 Å². The van der Waals surface area contributed by atoms with E-state index < -0.39 is 0 Å². The molecule has 0 aromatic heterocycles. The molecule has 2 rings (SSSR count). The summed E-state index contributed by atoms with van der Waals surface area (Å²) < 4.78 is 6.25. The average molecular weight is 411 g/mol. The number of ether oxygens (including phenoxy) is 1. The number of hydrogen-bond donors (Lipinski definition) is 2. The van der Waals surface area contributed by atoms with Crippen molar-refractivity contribution in [1.29, 1.82) is 0 Å². The molecule has 0 amide bonds. The van der Waals surface area contributed by atoms with Gasteiger partial charge in [-0.1, -0.05) is 22.0 Å². The molecule has 2 N–H and O–H groups in total. The van der Waals surface area contributed by atoms with Crippen LogP contribution in [-0.2, 0) is 11.3 Å². The molecule has 6 heteroatoms. The first-order chi connectivity index (χ1) is 12.1. The number of aryl methyl sites for hydroxylation is 1. The Balaban J connectivity index is 1.73. The van der Waals surface area contributed by atoms with Gasteiger partial charge in [0.05, 0.1) is 0 Å². The van der Waals surface area contributed by atoms with Gasteiger partial charge >= 0.3 is 0 Å². The Bertz CT molecular complexity index is 556. The zero-order chi connectivity index (χ0) is 18.1. The third-order valence-corrected chi connectivity index (χ3v) is 5.22. The van der Waals surface area contributed by atoms with Gasteiger partial charge in [-0.3, -0.25) is 4.99 Å². The fourth-order valence-corrected chi connectivity index (χ4v) is 3.63. The molecule has 1 heterocycles. The van der Waals surface area contributed by atoms with Crippen molar-refractivity contribution in [3.05, 3.63) is 33.8 Å². The van der Waals surface area contributed by atoms with Crippen LogP contribution in [0.1, 0.15) is 30.4 Å². The van der Waals surface area contributed by atoms with E-state index in [1.165, 1.54) is 11.1 Å². The molecular weight excluding hydrogens is 380 g/mol. The van der Waals surface area contributed by atoms with Gasteiger partial charge in [-0.25, -0.2) is 0 Å². The molecule has 0 bridgehead atoms. The smallest absolute Gasteiger partial charge is 0.191 e. The highest BCUT2D eigenvalue weighted by Crippen LogP contribution is 2.15. The van der Waals surface area contributed by atoms with Crippen molar-refractivity contribution in [2.45, 2.75) is 38.8 Å². The van der Waals surface area contributed by atoms with Crippen LogP contribution in [0.25, 0.3) is 0 Å². The number of hydrogen-bond acceptors (Lipinski definition) is 3. The quantitative estimate of drug-likeness (QED) is 0.412. The van der Waals surface area contributed by atoms with E-state index >= 15 is 0 Å². The lowest BCUT2D eigenvalue weighted by molar-refractivity contribution is 0.155. The van der Waals surface area contributed by atoms with E-state index in [0.717, 1.165) is 62.5 Å². The summed E-state index contributed by atoms with van der Waals surface area (Å²) in [6.45, 7) is 7.20. The van der Waals surface area contributed by atoms with Gasteiger partial charge < -0.3 is 20.3 Å². The summed E-state index contributed by atoms with van der Waals surface area (Å²) in [5, 5.41) is 7.01. The van der Waals surface area contributed by atoms with Crippen molar-refractivity contribution >= 4 is 21.9 Å². The minimum Gasteiger partial charge on any atom is -0.385 e. The maximum atomic E-state index is 5.13. The van der Waals surface area contributed by atoms with Crippen molar-refractivity contribution < 1.29 is 4.74 Å². The molecule has 0 spiro atoms. The Morgan fingerprint density at radius 3 is 2.76 bits per heavy atom. The molecule has 1 saturated heterocycles. The van der Waals surface area contributed by atoms with E-state index in [-0.39, 0.29) is 0 Å². The minimum absolute atomic E-state index is 0.496. The summed E-state index contributed by atoms with van der Waals surface area (Å²) in [6, 6.07) is 6.88. The maximum absolute atomic E-state index is 5.13. The molecule has 5 nitrogen and oxygen atoms in total. The Kier molecular flexibility index (Phi) is 8.72. The predicted molar refractivity (Wildman–Crippen MR) is 108 cm³/mol. The molecule has 0 aliphatic carbocycles. The molecule has 1 aromatic rings. The van der Waals surface area contributed by atoms with Gasteiger partial charge in [-0.2, -0.15) is 0 Å². The highest BCUT2D eigenvalue weighted by molar-refractivity contribution is 9.10. The summed E-state index contributed by atoms with van der Waals surface area (Å²) >= 11 is 3.51. The number of likely N-dealkylation sites (tertiary alicyclic amines) is 1. The molecule has 25 heavy (non-hydrogen) atoms. The number of rotatable bonds is 7. The van der Waals surface area contributed by atoms with Gasteiger partial charge in [0.15, 0.2) is 5.96 Å². The van der Waals surface area contributed by atoms with Crippen molar-refractivity contribution in [2.75, 3.05) is 40.4 Å². The highest BCUT2D eigenvalue weighted by Gasteiger charge is 2.19. The van der Waals surface area contributed by atoms with Crippen LogP contribution in [0.15, 0.2) is 27.7 Å². The third kappa shape index (κ3) is 6.96. The predicted octanol–water partition coefficient (Wildman–Crippen LogP) is 2.92. The van der Waals surface area contributed by atoms with Crippen molar-refractivity contribution in [3.63, 3.8) is 0 Å². The fraction of sp³-hybridized carbons (Fsp3) is 0.632. The number of piperidine rings is 1. The second-order valence-corrected chi connectivity index (χ2v) is 7.52. The molecule has 0 atom stereocenters. The minimum atomic E-state index is 0.496. The number of nitrogens with zero attached hydrogens (tertiary/aromatic N) is 2. The van der Waals surface area contributed by atoms with Gasteiger partial charge in [-0.05, 0) is 49.4 Å². The van der Waals surface area contributed by atoms with Gasteiger partial charge in [-0.15, -0.1) is 0 Å². The third-order valence-electron chi connectivity index (χ3n) is 4.73. The first kappa shape index (κ1) is 20.2. The normalized spacial score (nSPS) is 16.9. The monoisotopic (exact) mass is 410 g/mol. The number of benzene rings is 1. The lowest BCUT2D eigenvalue weighted by Gasteiger charge is -2.33. The van der Waals surface area contributed by atoms with E-state index in [0.29, 0.717) is 6.04 Å². The van der Waals surface area contributed by atoms with Gasteiger partial charge in [0, 0.05) is 57.5 Å². The van der Waals surface area contributed by atoms with E-state index in [2.05, 4.69) is 61.6 Å². The zero-order valence-electron chi connectivity index (χ0n) is 15.6. The van der Waals surface area contributed by atoms with Crippen LogP contribution < -0.4 is 10.6 Å². The summed E-state index contributed by atoms with van der Waals surface area (Å²) in [7, 11) is 3.61. The van der Waals surface area contributed by atoms with Crippen LogP contribution >= 0.6 is 15.9 Å². The second-order valence-electron chi connectivity index (χ2n) is 6.60. The highest BCUT2D eigenvalue weighted by atomic mass is 79.9. The average Bonchev–Trinajstić information content (AvgIpc) is 2.61. The fourth-order valence-electron chi connectivity index (χ4n) is 3.16. The summed E-state index contributed by atoms with van der Waals surface area (Å²) in [4.78, 5) is 6.91. The van der Waals surface area contributed by atoms with Crippen LogP contribution in [0.4, 0.5) is 0 Å². The first-order valence-corrected chi connectivity index (χ1v) is 9.85. The van der Waals surface area contributed by atoms with Crippen LogP contribution in [0.3, 0.4) is 0 Å². The van der Waals surface area contributed by atoms with Gasteiger partial charge in [0.25, 0.3) is 0 Å². The second kappa shape index (κ2) is 10.8. The lowest BCUT2D eigenvalue weighted by atomic mass is 10.1. The number of halogens is 1. The van der Waals surface area contributed by atoms with Gasteiger partial charge in [0.2, 0.25) is 0 Å². The Morgan fingerprint density at radius 1 is 1.36 bits per heavy atom. The summed E-state index contributed by atoms with van der Waals surface area (Å²) in [6.07, 6.45) is 3.43. The van der Waals surface area contributed by atoms with E-state index in [1.54, 1.807) is 7.11 Å². The first-order valence-electron chi connectivity index (χ1n) is 9.06. The molecule has 1 fully saturated rings. The molecule has 1 aromatic carbocycles. The number of aliphatic imine (C=N–C) groups is 1. The SMILES string of the molecule is CN=C(NCc1ccc(Br)cc1C)NC1CCN(CCCOC)CC1. The van der Waals surface area contributed by atoms with E-state index in [9.17, 15) is 0 Å². The summed E-state index contributed by atoms with van der Waals surface area (Å²) in [5.74, 6) is 0.889. The molecule has 0 unspecified atom stereocenters. The summed E-state index contributed by atoms with van der Waals surface area (Å²) in [5.41, 5.74) is 2.57. The van der Waals surface area contributed by atoms with Crippen LogP contribution in [0, 0.1) is 6.92 Å². The zero-order valence-corrected chi connectivity index (χ0v) is 17.2. The van der Waals surface area contributed by atoms with Crippen molar-refractivity contribution in [2.24, 2.45) is 4.99 Å². The molecule has 0 radical (unpaired) electrons. The van der Waals surface area contributed by atoms with Crippen molar-refractivity contribution in [3.8, 4) is 0 Å². The number of guanidine groups is 1. The van der Waals surface area contributed by atoms with Crippen molar-refractivity contribution in [1.82, 2.24) is 15.5 Å². The molecule has 140 valence electrons. The Morgan fingerprint density at radius 2 is 2.12 bits per heavy atom. The van der Waals surface area contributed by atoms with Crippen LogP contribution in [0.5, 0.6) is 0 Å². The number of nitrogens with one attached hydrogen (secondary N) is 2. The largest absolute Gasteiger partial charge is 0.385 e. The number of methoxy groups -OCH3 is 1. The Labute approximate surface area is 160 Å². The lowest BCUT2D eigenvalue weighted by Crippen LogP contribution is -2.48.